The molecule has 0 saturated heterocycles. The molecule has 0 spiro atoms. The third-order valence-corrected chi connectivity index (χ3v) is 5.53. The number of nitrogens with one attached hydrogen (secondary N) is 2. The maximum absolute atomic E-state index is 13.0. The predicted octanol–water partition coefficient (Wildman–Crippen LogP) is 5.13. The van der Waals surface area contributed by atoms with Gasteiger partial charge in [-0.1, -0.05) is 60.7 Å². The van der Waals surface area contributed by atoms with Gasteiger partial charge in [-0.2, -0.15) is 0 Å². The van der Waals surface area contributed by atoms with Crippen molar-refractivity contribution in [2.75, 3.05) is 30.9 Å². The van der Waals surface area contributed by atoms with Gasteiger partial charge in [0.1, 0.15) is 0 Å². The Morgan fingerprint density at radius 3 is 2.24 bits per heavy atom. The first-order valence-electron chi connectivity index (χ1n) is 10.9. The van der Waals surface area contributed by atoms with E-state index < -0.39 is 0 Å². The van der Waals surface area contributed by atoms with Crippen LogP contribution < -0.4 is 15.5 Å². The fourth-order valence-corrected chi connectivity index (χ4v) is 3.78. The molecule has 0 saturated carbocycles. The Bertz CT molecular complexity index is 1280. The Morgan fingerprint density at radius 2 is 1.48 bits per heavy atom. The summed E-state index contributed by atoms with van der Waals surface area (Å²) in [5.41, 5.74) is 3.62. The van der Waals surface area contributed by atoms with E-state index in [1.165, 1.54) is 5.56 Å². The number of hydrogen-bond donors (Lipinski definition) is 2. The van der Waals surface area contributed by atoms with Crippen LogP contribution in [0.25, 0.3) is 10.8 Å². The Labute approximate surface area is 194 Å². The molecule has 33 heavy (non-hydrogen) atoms. The highest BCUT2D eigenvalue weighted by Crippen LogP contribution is 2.24. The van der Waals surface area contributed by atoms with E-state index in [1.54, 1.807) is 6.07 Å². The average molecular weight is 438 g/mol. The Balaban J connectivity index is 1.49. The highest BCUT2D eigenvalue weighted by atomic mass is 16.2. The summed E-state index contributed by atoms with van der Waals surface area (Å²) in [6.07, 6.45) is 0.752. The second-order valence-corrected chi connectivity index (χ2v) is 8.13. The van der Waals surface area contributed by atoms with Crippen LogP contribution >= 0.6 is 0 Å². The summed E-state index contributed by atoms with van der Waals surface area (Å²) in [5, 5.41) is 8.01. The van der Waals surface area contributed by atoms with Crippen molar-refractivity contribution in [2.45, 2.75) is 6.42 Å². The van der Waals surface area contributed by atoms with Crippen molar-refractivity contribution in [3.8, 4) is 0 Å². The van der Waals surface area contributed by atoms with E-state index >= 15 is 0 Å². The molecule has 2 amide bonds. The summed E-state index contributed by atoms with van der Waals surface area (Å²) in [5.74, 6) is -0.384. The Hall–Kier alpha value is -4.12. The van der Waals surface area contributed by atoms with E-state index in [-0.39, 0.29) is 11.8 Å². The van der Waals surface area contributed by atoms with Gasteiger partial charge in [-0.25, -0.2) is 0 Å². The summed E-state index contributed by atoms with van der Waals surface area (Å²) in [6, 6.07) is 29.0. The van der Waals surface area contributed by atoms with Crippen molar-refractivity contribution in [1.82, 2.24) is 5.32 Å². The van der Waals surface area contributed by atoms with Crippen LogP contribution in [0.3, 0.4) is 0 Å². The Morgan fingerprint density at radius 1 is 0.758 bits per heavy atom. The number of amides is 2. The first-order chi connectivity index (χ1) is 16.0. The first-order valence-corrected chi connectivity index (χ1v) is 10.9. The standard InChI is InChI=1S/C28H27N3O2/c1-31(2)26-15-14-24(19-25(26)28(33)29-17-16-20-8-4-3-5-9-20)30-27(32)23-13-12-21-10-6-7-11-22(21)18-23/h3-15,18-19H,16-17H2,1-2H3,(H,29,33)(H,30,32). The van der Waals surface area contributed by atoms with Crippen LogP contribution in [0.5, 0.6) is 0 Å². The van der Waals surface area contributed by atoms with Crippen LogP contribution in [0.2, 0.25) is 0 Å². The first kappa shape index (κ1) is 22.1. The molecule has 4 aromatic rings. The number of rotatable bonds is 7. The van der Waals surface area contributed by atoms with Crippen LogP contribution in [0.15, 0.2) is 91.0 Å². The van der Waals surface area contributed by atoms with Crippen LogP contribution in [0.1, 0.15) is 26.3 Å². The molecule has 2 N–H and O–H groups in total. The average Bonchev–Trinajstić information content (AvgIpc) is 2.84. The molecule has 0 fully saturated rings. The molecule has 0 aliphatic carbocycles. The van der Waals surface area contributed by atoms with Crippen molar-refractivity contribution in [1.29, 1.82) is 0 Å². The second kappa shape index (κ2) is 10.0. The van der Waals surface area contributed by atoms with Crippen molar-refractivity contribution in [3.05, 3.63) is 108 Å². The molecule has 0 aromatic heterocycles. The monoisotopic (exact) mass is 437 g/mol. The molecule has 0 radical (unpaired) electrons. The van der Waals surface area contributed by atoms with E-state index in [0.717, 1.165) is 22.9 Å². The minimum Gasteiger partial charge on any atom is -0.377 e. The number of benzene rings is 4. The second-order valence-electron chi connectivity index (χ2n) is 8.13. The van der Waals surface area contributed by atoms with Crippen LogP contribution in [-0.2, 0) is 6.42 Å². The third-order valence-electron chi connectivity index (χ3n) is 5.53. The zero-order valence-corrected chi connectivity index (χ0v) is 18.8. The molecule has 166 valence electrons. The molecule has 5 heteroatoms. The van der Waals surface area contributed by atoms with Gasteiger partial charge in [0.05, 0.1) is 5.56 Å². The molecule has 0 aliphatic rings. The zero-order chi connectivity index (χ0) is 23.2. The minimum absolute atomic E-state index is 0.170. The normalized spacial score (nSPS) is 10.6. The van der Waals surface area contributed by atoms with Crippen LogP contribution in [-0.4, -0.2) is 32.5 Å². The van der Waals surface area contributed by atoms with Crippen molar-refractivity contribution in [2.24, 2.45) is 0 Å². The zero-order valence-electron chi connectivity index (χ0n) is 18.8. The number of carbonyl (C=O) groups is 2. The van der Waals surface area contributed by atoms with Crippen LogP contribution in [0.4, 0.5) is 11.4 Å². The smallest absolute Gasteiger partial charge is 0.255 e. The largest absolute Gasteiger partial charge is 0.377 e. The van der Waals surface area contributed by atoms with Gasteiger partial charge in [0.15, 0.2) is 0 Å². The number of hydrogen-bond acceptors (Lipinski definition) is 3. The van der Waals surface area contributed by atoms with Gasteiger partial charge in [-0.3, -0.25) is 9.59 Å². The van der Waals surface area contributed by atoms with Crippen molar-refractivity contribution >= 4 is 34.0 Å². The quantitative estimate of drug-likeness (QED) is 0.421. The number of carbonyl (C=O) groups excluding carboxylic acids is 2. The Kier molecular flexibility index (Phi) is 6.69. The maximum Gasteiger partial charge on any atom is 0.255 e. The van der Waals surface area contributed by atoms with Crippen LogP contribution in [0, 0.1) is 0 Å². The molecule has 0 unspecified atom stereocenters. The van der Waals surface area contributed by atoms with Gasteiger partial charge in [0.25, 0.3) is 11.8 Å². The fourth-order valence-electron chi connectivity index (χ4n) is 3.78. The van der Waals surface area contributed by atoms with Gasteiger partial charge in [0, 0.05) is 37.6 Å². The third kappa shape index (κ3) is 5.39. The summed E-state index contributed by atoms with van der Waals surface area (Å²) >= 11 is 0. The molecule has 0 atom stereocenters. The minimum atomic E-state index is -0.214. The highest BCUT2D eigenvalue weighted by Gasteiger charge is 2.15. The van der Waals surface area contributed by atoms with Gasteiger partial charge in [-0.05, 0) is 53.1 Å². The molecule has 0 heterocycles. The van der Waals surface area contributed by atoms with Gasteiger partial charge in [-0.15, -0.1) is 0 Å². The molecule has 4 rings (SSSR count). The molecular weight excluding hydrogens is 410 g/mol. The van der Waals surface area contributed by atoms with E-state index in [1.807, 2.05) is 104 Å². The van der Waals surface area contributed by atoms with Gasteiger partial charge < -0.3 is 15.5 Å². The van der Waals surface area contributed by atoms with E-state index in [0.29, 0.717) is 23.4 Å². The van der Waals surface area contributed by atoms with Crippen molar-refractivity contribution in [3.63, 3.8) is 0 Å². The highest BCUT2D eigenvalue weighted by molar-refractivity contribution is 6.08. The van der Waals surface area contributed by atoms with E-state index in [4.69, 9.17) is 0 Å². The summed E-state index contributed by atoms with van der Waals surface area (Å²) < 4.78 is 0. The lowest BCUT2D eigenvalue weighted by molar-refractivity contribution is 0.0953. The van der Waals surface area contributed by atoms with Gasteiger partial charge in [0.2, 0.25) is 0 Å². The molecule has 0 aliphatic heterocycles. The topological polar surface area (TPSA) is 61.4 Å². The molecule has 5 nitrogen and oxygen atoms in total. The molecule has 0 bridgehead atoms. The summed E-state index contributed by atoms with van der Waals surface area (Å²) in [4.78, 5) is 27.7. The lowest BCUT2D eigenvalue weighted by atomic mass is 10.1. The van der Waals surface area contributed by atoms with E-state index in [2.05, 4.69) is 10.6 Å². The lowest BCUT2D eigenvalue weighted by Gasteiger charge is -2.18. The maximum atomic E-state index is 13.0. The number of fused-ring (bicyclic) bond motifs is 1. The van der Waals surface area contributed by atoms with Gasteiger partial charge >= 0.3 is 0 Å². The predicted molar refractivity (Wildman–Crippen MR) is 135 cm³/mol. The van der Waals surface area contributed by atoms with E-state index in [9.17, 15) is 9.59 Å². The SMILES string of the molecule is CN(C)c1ccc(NC(=O)c2ccc3ccccc3c2)cc1C(=O)NCCc1ccccc1. The summed E-state index contributed by atoms with van der Waals surface area (Å²) in [7, 11) is 3.78. The van der Waals surface area contributed by atoms with Crippen molar-refractivity contribution < 1.29 is 9.59 Å². The number of nitrogens with zero attached hydrogens (tertiary/aromatic N) is 1. The molecular formula is C28H27N3O2. The number of anilines is 2. The lowest BCUT2D eigenvalue weighted by Crippen LogP contribution is -2.28. The molecule has 4 aromatic carbocycles. The fraction of sp³-hybridized carbons (Fsp3) is 0.143. The summed E-state index contributed by atoms with van der Waals surface area (Å²) in [6.45, 7) is 0.531.